The fourth-order valence-corrected chi connectivity index (χ4v) is 11.8. The molecule has 332 valence electrons. The molecule has 2 aliphatic rings. The van der Waals surface area contributed by atoms with E-state index in [1.807, 2.05) is 0 Å². The Labute approximate surface area is 414 Å². The molecule has 2 heteroatoms. The van der Waals surface area contributed by atoms with Crippen molar-refractivity contribution in [1.82, 2.24) is 0 Å². The number of anilines is 3. The van der Waals surface area contributed by atoms with E-state index < -0.39 is 5.41 Å². The van der Waals surface area contributed by atoms with Crippen molar-refractivity contribution >= 4 is 38.6 Å². The van der Waals surface area contributed by atoms with Gasteiger partial charge in [0.05, 0.1) is 11.1 Å². The van der Waals surface area contributed by atoms with Gasteiger partial charge in [-0.3, -0.25) is 0 Å². The Bertz CT molecular complexity index is 3940. The molecule has 0 aromatic heterocycles. The largest absolute Gasteiger partial charge is 0.455 e. The second-order valence-electron chi connectivity index (χ2n) is 18.7. The minimum atomic E-state index is -0.655. The molecule has 0 fully saturated rings. The van der Waals surface area contributed by atoms with Crippen LogP contribution in [0.15, 0.2) is 273 Å². The first-order valence-corrected chi connectivity index (χ1v) is 24.5. The van der Waals surface area contributed by atoms with Gasteiger partial charge in [0, 0.05) is 38.8 Å². The first-order chi connectivity index (χ1) is 35.2. The molecule has 1 spiro atoms. The smallest absolute Gasteiger partial charge is 0.140 e. The number of hydrogen-bond donors (Lipinski definition) is 0. The fraction of sp³-hybridized carbons (Fsp3) is 0.0145. The number of para-hydroxylation sites is 1. The third kappa shape index (κ3) is 6.35. The van der Waals surface area contributed by atoms with E-state index in [9.17, 15) is 0 Å². The van der Waals surface area contributed by atoms with Gasteiger partial charge in [-0.2, -0.15) is 0 Å². The van der Waals surface area contributed by atoms with E-state index in [2.05, 4.69) is 278 Å². The summed E-state index contributed by atoms with van der Waals surface area (Å²) >= 11 is 0. The first kappa shape index (κ1) is 40.8. The monoisotopic (exact) mass is 903 g/mol. The van der Waals surface area contributed by atoms with E-state index >= 15 is 0 Å². The second kappa shape index (κ2) is 16.5. The lowest BCUT2D eigenvalue weighted by atomic mass is 9.65. The Morgan fingerprint density at radius 2 is 0.761 bits per heavy atom. The van der Waals surface area contributed by atoms with E-state index in [1.54, 1.807) is 0 Å². The van der Waals surface area contributed by atoms with Gasteiger partial charge in [0.15, 0.2) is 0 Å². The van der Waals surface area contributed by atoms with Gasteiger partial charge in [-0.1, -0.05) is 243 Å². The Kier molecular flexibility index (Phi) is 9.47. The highest BCUT2D eigenvalue weighted by atomic mass is 16.5. The molecule has 71 heavy (non-hydrogen) atoms. The van der Waals surface area contributed by atoms with Gasteiger partial charge in [0.25, 0.3) is 0 Å². The highest BCUT2D eigenvalue weighted by Gasteiger charge is 2.52. The normalized spacial score (nSPS) is 12.7. The summed E-state index contributed by atoms with van der Waals surface area (Å²) in [6.07, 6.45) is 0. The molecular weight excluding hydrogens is 859 g/mol. The molecule has 2 nitrogen and oxygen atoms in total. The van der Waals surface area contributed by atoms with Gasteiger partial charge in [0.2, 0.25) is 0 Å². The van der Waals surface area contributed by atoms with Crippen LogP contribution in [0.1, 0.15) is 22.3 Å². The molecule has 0 amide bonds. The maximum atomic E-state index is 7.28. The lowest BCUT2D eigenvalue weighted by molar-refractivity contribution is 0.447. The van der Waals surface area contributed by atoms with Crippen LogP contribution >= 0.6 is 0 Å². The van der Waals surface area contributed by atoms with Crippen LogP contribution in [0, 0.1) is 0 Å². The summed E-state index contributed by atoms with van der Waals surface area (Å²) in [7, 11) is 0. The molecule has 1 aliphatic carbocycles. The lowest BCUT2D eigenvalue weighted by Gasteiger charge is -2.40. The molecule has 14 rings (SSSR count). The average molecular weight is 904 g/mol. The van der Waals surface area contributed by atoms with E-state index in [0.717, 1.165) is 77.9 Å². The summed E-state index contributed by atoms with van der Waals surface area (Å²) < 4.78 is 7.28. The predicted molar refractivity (Wildman–Crippen MR) is 295 cm³/mol. The van der Waals surface area contributed by atoms with Gasteiger partial charge in [0.1, 0.15) is 11.5 Å². The van der Waals surface area contributed by atoms with Crippen molar-refractivity contribution in [3.63, 3.8) is 0 Å². The molecule has 1 heterocycles. The standard InChI is InChI=1S/C69H45NO/c1-3-19-46(20-4-1)48-37-41-52(42-38-48)70(53-26-17-25-51(45-53)47-21-5-2-6-22-47)65-36-16-14-31-58(65)56-29-11-12-30-57(56)59-33-18-35-62-66(59)60-32-13-15-34-61(60)69(62)63-43-39-49-23-7-9-27-54(49)67(63)71-68-55-28-10-8-24-50(55)40-44-64(68)69/h1-45H. The molecule has 0 bridgehead atoms. The van der Waals surface area contributed by atoms with Gasteiger partial charge < -0.3 is 9.64 Å². The van der Waals surface area contributed by atoms with E-state index in [1.165, 1.54) is 50.1 Å². The SMILES string of the molecule is c1ccc(-c2ccc(N(c3cccc(-c4ccccc4)c3)c3ccccc3-c3ccccc3-c3cccc4c3-c3ccccc3C43c4ccc5ccccc5c4Oc4c3ccc3ccccc43)cc2)cc1. The van der Waals surface area contributed by atoms with E-state index in [4.69, 9.17) is 4.74 Å². The van der Waals surface area contributed by atoms with Crippen LogP contribution in [0.25, 0.3) is 77.2 Å². The molecule has 0 N–H and O–H groups in total. The number of hydrogen-bond acceptors (Lipinski definition) is 2. The predicted octanol–water partition coefficient (Wildman–Crippen LogP) is 18.6. The van der Waals surface area contributed by atoms with Crippen molar-refractivity contribution in [1.29, 1.82) is 0 Å². The first-order valence-electron chi connectivity index (χ1n) is 24.5. The van der Waals surface area contributed by atoms with E-state index in [0.29, 0.717) is 0 Å². The van der Waals surface area contributed by atoms with Crippen molar-refractivity contribution in [2.75, 3.05) is 4.90 Å². The zero-order valence-electron chi connectivity index (χ0n) is 38.8. The zero-order valence-corrected chi connectivity index (χ0v) is 38.8. The summed E-state index contributed by atoms with van der Waals surface area (Å²) in [5.74, 6) is 1.84. The average Bonchev–Trinajstić information content (AvgIpc) is 3.76. The number of fused-ring (bicyclic) bond motifs is 13. The highest BCUT2D eigenvalue weighted by molar-refractivity contribution is 6.04. The van der Waals surface area contributed by atoms with Crippen LogP contribution in [-0.2, 0) is 5.41 Å². The van der Waals surface area contributed by atoms with Crippen molar-refractivity contribution in [2.45, 2.75) is 5.41 Å². The highest BCUT2D eigenvalue weighted by Crippen LogP contribution is 2.65. The van der Waals surface area contributed by atoms with Crippen molar-refractivity contribution in [3.05, 3.63) is 295 Å². The van der Waals surface area contributed by atoms with Gasteiger partial charge >= 0.3 is 0 Å². The van der Waals surface area contributed by atoms with Crippen molar-refractivity contribution in [2.24, 2.45) is 0 Å². The molecular formula is C69H45NO. The van der Waals surface area contributed by atoms with Crippen LogP contribution < -0.4 is 9.64 Å². The number of ether oxygens (including phenoxy) is 1. The lowest BCUT2D eigenvalue weighted by Crippen LogP contribution is -2.32. The maximum absolute atomic E-state index is 7.28. The summed E-state index contributed by atoms with van der Waals surface area (Å²) in [6.45, 7) is 0. The minimum Gasteiger partial charge on any atom is -0.455 e. The quantitative estimate of drug-likeness (QED) is 0.158. The van der Waals surface area contributed by atoms with Gasteiger partial charge in [-0.05, 0) is 102 Å². The van der Waals surface area contributed by atoms with Crippen LogP contribution in [-0.4, -0.2) is 0 Å². The number of benzene rings is 12. The summed E-state index contributed by atoms with van der Waals surface area (Å²) in [5.41, 5.74) is 19.3. The van der Waals surface area contributed by atoms with Crippen molar-refractivity contribution < 1.29 is 4.74 Å². The zero-order chi connectivity index (χ0) is 46.9. The van der Waals surface area contributed by atoms with Crippen LogP contribution in [0.3, 0.4) is 0 Å². The Hall–Kier alpha value is -9.24. The van der Waals surface area contributed by atoms with Crippen LogP contribution in [0.2, 0.25) is 0 Å². The molecule has 0 unspecified atom stereocenters. The molecule has 1 aliphatic heterocycles. The molecule has 12 aromatic carbocycles. The molecule has 0 saturated carbocycles. The Morgan fingerprint density at radius 1 is 0.282 bits per heavy atom. The number of rotatable bonds is 7. The molecule has 0 saturated heterocycles. The van der Waals surface area contributed by atoms with Crippen molar-refractivity contribution in [3.8, 4) is 67.1 Å². The van der Waals surface area contributed by atoms with Crippen LogP contribution in [0.4, 0.5) is 17.1 Å². The van der Waals surface area contributed by atoms with Gasteiger partial charge in [-0.15, -0.1) is 0 Å². The fourth-order valence-electron chi connectivity index (χ4n) is 11.8. The maximum Gasteiger partial charge on any atom is 0.140 e. The third-order valence-electron chi connectivity index (χ3n) is 14.9. The summed E-state index contributed by atoms with van der Waals surface area (Å²) in [4.78, 5) is 2.43. The molecule has 0 radical (unpaired) electrons. The Morgan fingerprint density at radius 3 is 1.44 bits per heavy atom. The topological polar surface area (TPSA) is 12.5 Å². The summed E-state index contributed by atoms with van der Waals surface area (Å²) in [5, 5.41) is 4.54. The number of nitrogens with zero attached hydrogens (tertiary/aromatic N) is 1. The summed E-state index contributed by atoms with van der Waals surface area (Å²) in [6, 6.07) is 99.7. The third-order valence-corrected chi connectivity index (χ3v) is 14.9. The minimum absolute atomic E-state index is 0.655. The Balaban J connectivity index is 0.997. The second-order valence-corrected chi connectivity index (χ2v) is 18.7. The molecule has 0 atom stereocenters. The van der Waals surface area contributed by atoms with Crippen LogP contribution in [0.5, 0.6) is 11.5 Å². The van der Waals surface area contributed by atoms with E-state index in [-0.39, 0.29) is 0 Å². The molecule has 12 aromatic rings. The van der Waals surface area contributed by atoms with Gasteiger partial charge in [-0.25, -0.2) is 0 Å².